The number of benzene rings is 3. The van der Waals surface area contributed by atoms with Gasteiger partial charge in [-0.05, 0) is 61.7 Å². The highest BCUT2D eigenvalue weighted by Crippen LogP contribution is 2.32. The number of ether oxygens (including phenoxy) is 1. The molecule has 0 atom stereocenters. The Morgan fingerprint density at radius 2 is 1.64 bits per heavy atom. The lowest BCUT2D eigenvalue weighted by Crippen LogP contribution is -2.41. The molecule has 0 aliphatic heterocycles. The van der Waals surface area contributed by atoms with E-state index in [4.69, 9.17) is 4.74 Å². The molecule has 0 saturated carbocycles. The number of nitrogens with one attached hydrogen (secondary N) is 1. The van der Waals surface area contributed by atoms with Crippen LogP contribution in [0.4, 0.5) is 10.1 Å². The SMILES string of the molecule is CCOc1ccccc1N(CC(=O)NCCCc1ccc(F)cc1)S(=O)(=O)c1ccccc1. The number of aryl methyl sites for hydroxylation is 1. The molecular weight excluding hydrogens is 443 g/mol. The van der Waals surface area contributed by atoms with Gasteiger partial charge in [0.1, 0.15) is 18.1 Å². The van der Waals surface area contributed by atoms with Crippen molar-refractivity contribution in [2.45, 2.75) is 24.7 Å². The van der Waals surface area contributed by atoms with Crippen LogP contribution in [0.3, 0.4) is 0 Å². The molecule has 0 fully saturated rings. The molecule has 0 heterocycles. The van der Waals surface area contributed by atoms with Crippen LogP contribution in [0.25, 0.3) is 0 Å². The molecule has 0 saturated heterocycles. The Morgan fingerprint density at radius 1 is 0.970 bits per heavy atom. The zero-order valence-corrected chi connectivity index (χ0v) is 19.2. The van der Waals surface area contributed by atoms with Gasteiger partial charge in [-0.3, -0.25) is 9.10 Å². The maximum absolute atomic E-state index is 13.4. The Morgan fingerprint density at radius 3 is 2.33 bits per heavy atom. The average molecular weight is 471 g/mol. The van der Waals surface area contributed by atoms with Gasteiger partial charge in [0.15, 0.2) is 0 Å². The summed E-state index contributed by atoms with van der Waals surface area (Å²) in [5.74, 6) is -0.345. The van der Waals surface area contributed by atoms with Gasteiger partial charge >= 0.3 is 0 Å². The molecule has 6 nitrogen and oxygen atoms in total. The predicted octanol–water partition coefficient (Wildman–Crippen LogP) is 4.17. The van der Waals surface area contributed by atoms with Gasteiger partial charge in [-0.15, -0.1) is 0 Å². The Hall–Kier alpha value is -3.39. The second-order valence-corrected chi connectivity index (χ2v) is 9.17. The molecule has 0 unspecified atom stereocenters. The molecule has 0 bridgehead atoms. The van der Waals surface area contributed by atoms with Crippen LogP contribution in [0.2, 0.25) is 0 Å². The van der Waals surface area contributed by atoms with Gasteiger partial charge in [0, 0.05) is 6.54 Å². The lowest BCUT2D eigenvalue weighted by atomic mass is 10.1. The number of rotatable bonds is 11. The molecule has 1 amide bonds. The second kappa shape index (κ2) is 11.5. The van der Waals surface area contributed by atoms with E-state index in [1.54, 1.807) is 61.5 Å². The fourth-order valence-corrected chi connectivity index (χ4v) is 4.77. The van der Waals surface area contributed by atoms with Gasteiger partial charge in [0.2, 0.25) is 5.91 Å². The number of amides is 1. The van der Waals surface area contributed by atoms with Crippen LogP contribution >= 0.6 is 0 Å². The molecule has 3 aromatic carbocycles. The largest absolute Gasteiger partial charge is 0.492 e. The number of carbonyl (C=O) groups is 1. The molecule has 3 rings (SSSR count). The van der Waals surface area contributed by atoms with Crippen molar-refractivity contribution in [3.8, 4) is 5.75 Å². The quantitative estimate of drug-likeness (QED) is 0.427. The Bertz CT molecular complexity index is 1150. The molecule has 1 N–H and O–H groups in total. The molecule has 0 radical (unpaired) electrons. The van der Waals surface area contributed by atoms with E-state index in [9.17, 15) is 17.6 Å². The van der Waals surface area contributed by atoms with Gasteiger partial charge in [0.05, 0.1) is 17.2 Å². The first kappa shape index (κ1) is 24.3. The first-order chi connectivity index (χ1) is 15.9. The third kappa shape index (κ3) is 6.55. The smallest absolute Gasteiger partial charge is 0.264 e. The predicted molar refractivity (Wildman–Crippen MR) is 126 cm³/mol. The van der Waals surface area contributed by atoms with E-state index in [2.05, 4.69) is 5.32 Å². The fraction of sp³-hybridized carbons (Fsp3) is 0.240. The zero-order valence-electron chi connectivity index (χ0n) is 18.4. The molecule has 0 aromatic heterocycles. The molecule has 0 spiro atoms. The maximum Gasteiger partial charge on any atom is 0.264 e. The summed E-state index contributed by atoms with van der Waals surface area (Å²) < 4.78 is 46.6. The van der Waals surface area contributed by atoms with Crippen molar-refractivity contribution in [2.75, 3.05) is 24.0 Å². The fourth-order valence-electron chi connectivity index (χ4n) is 3.32. The molecule has 3 aromatic rings. The van der Waals surface area contributed by atoms with Crippen molar-refractivity contribution < 1.29 is 22.3 Å². The summed E-state index contributed by atoms with van der Waals surface area (Å²) in [5, 5.41) is 2.78. The van der Waals surface area contributed by atoms with E-state index in [0.29, 0.717) is 37.4 Å². The third-order valence-electron chi connectivity index (χ3n) is 4.93. The number of para-hydroxylation sites is 2. The van der Waals surface area contributed by atoms with Crippen molar-refractivity contribution in [2.24, 2.45) is 0 Å². The highest BCUT2D eigenvalue weighted by Gasteiger charge is 2.29. The number of carbonyl (C=O) groups excluding carboxylic acids is 1. The summed E-state index contributed by atoms with van der Waals surface area (Å²) in [5.41, 5.74) is 1.26. The highest BCUT2D eigenvalue weighted by atomic mass is 32.2. The lowest BCUT2D eigenvalue weighted by molar-refractivity contribution is -0.119. The van der Waals surface area contributed by atoms with Crippen LogP contribution in [-0.2, 0) is 21.2 Å². The maximum atomic E-state index is 13.4. The van der Waals surface area contributed by atoms with Gasteiger partial charge in [-0.2, -0.15) is 0 Å². The van der Waals surface area contributed by atoms with Gasteiger partial charge in [-0.25, -0.2) is 12.8 Å². The van der Waals surface area contributed by atoms with E-state index in [-0.39, 0.29) is 10.7 Å². The number of sulfonamides is 1. The Labute approximate surface area is 194 Å². The van der Waals surface area contributed by atoms with Crippen molar-refractivity contribution in [1.82, 2.24) is 5.32 Å². The summed E-state index contributed by atoms with van der Waals surface area (Å²) in [6, 6.07) is 20.9. The van der Waals surface area contributed by atoms with E-state index >= 15 is 0 Å². The number of nitrogens with zero attached hydrogens (tertiary/aromatic N) is 1. The number of hydrogen-bond donors (Lipinski definition) is 1. The summed E-state index contributed by atoms with van der Waals surface area (Å²) in [6.45, 7) is 2.13. The molecule has 0 aliphatic rings. The van der Waals surface area contributed by atoms with Crippen molar-refractivity contribution >= 4 is 21.6 Å². The molecular formula is C25H27FN2O4S. The third-order valence-corrected chi connectivity index (χ3v) is 6.70. The van der Waals surface area contributed by atoms with Crippen LogP contribution in [0.1, 0.15) is 18.9 Å². The van der Waals surface area contributed by atoms with Crippen LogP contribution < -0.4 is 14.4 Å². The van der Waals surface area contributed by atoms with E-state index in [0.717, 1.165) is 9.87 Å². The van der Waals surface area contributed by atoms with Crippen LogP contribution in [0, 0.1) is 5.82 Å². The number of anilines is 1. The van der Waals surface area contributed by atoms with E-state index in [1.807, 2.05) is 0 Å². The van der Waals surface area contributed by atoms with E-state index < -0.39 is 22.5 Å². The van der Waals surface area contributed by atoms with Crippen molar-refractivity contribution in [3.05, 3.63) is 90.2 Å². The second-order valence-electron chi connectivity index (χ2n) is 7.31. The standard InChI is InChI=1S/C25H27FN2O4S/c1-2-32-24-13-7-6-12-23(24)28(33(30,31)22-10-4-3-5-11-22)19-25(29)27-18-8-9-20-14-16-21(26)17-15-20/h3-7,10-17H,2,8-9,18-19H2,1H3,(H,27,29). The number of hydrogen-bond acceptors (Lipinski definition) is 4. The summed E-state index contributed by atoms with van der Waals surface area (Å²) in [4.78, 5) is 12.8. The zero-order chi connectivity index (χ0) is 23.7. The molecule has 8 heteroatoms. The molecule has 33 heavy (non-hydrogen) atoms. The van der Waals surface area contributed by atoms with Gasteiger partial charge < -0.3 is 10.1 Å². The Kier molecular flexibility index (Phi) is 8.43. The lowest BCUT2D eigenvalue weighted by Gasteiger charge is -2.26. The molecule has 174 valence electrons. The number of halogens is 1. The summed E-state index contributed by atoms with van der Waals surface area (Å²) in [7, 11) is -4.01. The monoisotopic (exact) mass is 470 g/mol. The highest BCUT2D eigenvalue weighted by molar-refractivity contribution is 7.92. The van der Waals surface area contributed by atoms with Crippen LogP contribution in [0.5, 0.6) is 5.75 Å². The minimum Gasteiger partial charge on any atom is -0.492 e. The van der Waals surface area contributed by atoms with Crippen molar-refractivity contribution in [1.29, 1.82) is 0 Å². The van der Waals surface area contributed by atoms with Crippen LogP contribution in [0.15, 0.2) is 83.8 Å². The minimum atomic E-state index is -4.01. The first-order valence-electron chi connectivity index (χ1n) is 10.7. The van der Waals surface area contributed by atoms with Gasteiger partial charge in [-0.1, -0.05) is 42.5 Å². The topological polar surface area (TPSA) is 75.7 Å². The average Bonchev–Trinajstić information content (AvgIpc) is 2.83. The normalized spacial score (nSPS) is 11.1. The van der Waals surface area contributed by atoms with Gasteiger partial charge in [0.25, 0.3) is 10.0 Å². The summed E-state index contributed by atoms with van der Waals surface area (Å²) in [6.07, 6.45) is 1.30. The first-order valence-corrected chi connectivity index (χ1v) is 12.2. The van der Waals surface area contributed by atoms with E-state index in [1.165, 1.54) is 24.3 Å². The minimum absolute atomic E-state index is 0.0837. The Balaban J connectivity index is 1.74. The van der Waals surface area contributed by atoms with Crippen molar-refractivity contribution in [3.63, 3.8) is 0 Å². The summed E-state index contributed by atoms with van der Waals surface area (Å²) >= 11 is 0. The van der Waals surface area contributed by atoms with Crippen LogP contribution in [-0.4, -0.2) is 34.0 Å². The molecule has 0 aliphatic carbocycles.